The van der Waals surface area contributed by atoms with E-state index in [1.807, 2.05) is 6.92 Å². The second-order valence-electron chi connectivity index (χ2n) is 6.95. The fourth-order valence-electron chi connectivity index (χ4n) is 2.68. The molecule has 106 valence electrons. The van der Waals surface area contributed by atoms with E-state index < -0.39 is 5.60 Å². The largest absolute Gasteiger partial charge is 0.386 e. The second kappa shape index (κ2) is 5.57. The third-order valence-electron chi connectivity index (χ3n) is 3.35. The van der Waals surface area contributed by atoms with E-state index in [1.165, 1.54) is 0 Å². The van der Waals surface area contributed by atoms with Gasteiger partial charge in [-0.2, -0.15) is 0 Å². The molecule has 1 aliphatic heterocycles. The summed E-state index contributed by atoms with van der Waals surface area (Å²) in [6.07, 6.45) is 2.94. The Morgan fingerprint density at radius 1 is 1.44 bits per heavy atom. The number of rotatable bonds is 5. The SMILES string of the molecule is CCCC1(O)CN(C(=O)CC(N)CC(C)(C)C)C1. The van der Waals surface area contributed by atoms with Crippen molar-refractivity contribution in [3.05, 3.63) is 0 Å². The number of aliphatic hydroxyl groups is 1. The van der Waals surface area contributed by atoms with Crippen molar-refractivity contribution in [2.24, 2.45) is 11.1 Å². The third kappa shape index (κ3) is 4.58. The molecular weight excluding hydrogens is 228 g/mol. The molecule has 4 nitrogen and oxygen atoms in total. The summed E-state index contributed by atoms with van der Waals surface area (Å²) >= 11 is 0. The quantitative estimate of drug-likeness (QED) is 0.783. The van der Waals surface area contributed by atoms with Crippen LogP contribution in [0.25, 0.3) is 0 Å². The van der Waals surface area contributed by atoms with Crippen molar-refractivity contribution in [3.63, 3.8) is 0 Å². The number of hydrogen-bond donors (Lipinski definition) is 2. The van der Waals surface area contributed by atoms with Gasteiger partial charge < -0.3 is 15.7 Å². The molecule has 0 spiro atoms. The van der Waals surface area contributed by atoms with Crippen LogP contribution in [-0.4, -0.2) is 40.6 Å². The molecule has 18 heavy (non-hydrogen) atoms. The van der Waals surface area contributed by atoms with E-state index in [0.717, 1.165) is 19.3 Å². The zero-order valence-corrected chi connectivity index (χ0v) is 12.2. The number of hydrogen-bond acceptors (Lipinski definition) is 3. The van der Waals surface area contributed by atoms with E-state index in [1.54, 1.807) is 4.90 Å². The maximum Gasteiger partial charge on any atom is 0.224 e. The molecule has 1 rings (SSSR count). The summed E-state index contributed by atoms with van der Waals surface area (Å²) in [7, 11) is 0. The zero-order valence-electron chi connectivity index (χ0n) is 12.2. The van der Waals surface area contributed by atoms with Crippen LogP contribution in [-0.2, 0) is 4.79 Å². The molecule has 1 amide bonds. The first-order valence-corrected chi connectivity index (χ1v) is 6.91. The Bertz CT molecular complexity index is 291. The molecule has 3 N–H and O–H groups in total. The number of amides is 1. The Morgan fingerprint density at radius 2 is 2.00 bits per heavy atom. The highest BCUT2D eigenvalue weighted by Crippen LogP contribution is 2.27. The number of nitrogens with zero attached hydrogens (tertiary/aromatic N) is 1. The van der Waals surface area contributed by atoms with E-state index >= 15 is 0 Å². The summed E-state index contributed by atoms with van der Waals surface area (Å²) in [5.41, 5.74) is 5.50. The molecule has 0 aromatic heterocycles. The highest BCUT2D eigenvalue weighted by Gasteiger charge is 2.42. The average Bonchev–Trinajstić information content (AvgIpc) is 2.10. The van der Waals surface area contributed by atoms with Crippen molar-refractivity contribution in [2.45, 2.75) is 65.0 Å². The van der Waals surface area contributed by atoms with Gasteiger partial charge in [0.25, 0.3) is 0 Å². The van der Waals surface area contributed by atoms with Gasteiger partial charge in [-0.15, -0.1) is 0 Å². The monoisotopic (exact) mass is 256 g/mol. The fourth-order valence-corrected chi connectivity index (χ4v) is 2.68. The molecule has 1 unspecified atom stereocenters. The zero-order chi connectivity index (χ0) is 14.0. The highest BCUT2D eigenvalue weighted by molar-refractivity contribution is 5.78. The van der Waals surface area contributed by atoms with Crippen LogP contribution in [0, 0.1) is 5.41 Å². The molecule has 1 fully saturated rings. The van der Waals surface area contributed by atoms with Crippen molar-refractivity contribution in [3.8, 4) is 0 Å². The number of carbonyl (C=O) groups excluding carboxylic acids is 1. The first kappa shape index (κ1) is 15.4. The predicted octanol–water partition coefficient (Wildman–Crippen LogP) is 1.51. The molecule has 1 heterocycles. The van der Waals surface area contributed by atoms with Gasteiger partial charge in [0.2, 0.25) is 5.91 Å². The number of carbonyl (C=O) groups is 1. The normalized spacial score (nSPS) is 20.4. The minimum Gasteiger partial charge on any atom is -0.386 e. The van der Waals surface area contributed by atoms with Gasteiger partial charge in [0.15, 0.2) is 0 Å². The standard InChI is InChI=1S/C14H28N2O2/c1-5-6-14(18)9-16(10-14)12(17)7-11(15)8-13(2,3)4/h11,18H,5-10,15H2,1-4H3. The van der Waals surface area contributed by atoms with Gasteiger partial charge in [-0.25, -0.2) is 0 Å². The first-order valence-electron chi connectivity index (χ1n) is 6.91. The van der Waals surface area contributed by atoms with Gasteiger partial charge in [0.05, 0.1) is 18.7 Å². The molecule has 1 saturated heterocycles. The van der Waals surface area contributed by atoms with Gasteiger partial charge in [0.1, 0.15) is 0 Å². The summed E-state index contributed by atoms with van der Waals surface area (Å²) in [5, 5.41) is 10.0. The van der Waals surface area contributed by atoms with Gasteiger partial charge >= 0.3 is 0 Å². The maximum atomic E-state index is 11.9. The molecule has 0 aromatic rings. The van der Waals surface area contributed by atoms with E-state index in [0.29, 0.717) is 19.5 Å². The van der Waals surface area contributed by atoms with E-state index in [4.69, 9.17) is 5.73 Å². The Hall–Kier alpha value is -0.610. The first-order chi connectivity index (χ1) is 8.15. The summed E-state index contributed by atoms with van der Waals surface area (Å²) in [6.45, 7) is 9.37. The number of nitrogens with two attached hydrogens (primary N) is 1. The Labute approximate surface area is 111 Å². The predicted molar refractivity (Wildman–Crippen MR) is 73.1 cm³/mol. The average molecular weight is 256 g/mol. The fraction of sp³-hybridized carbons (Fsp3) is 0.929. The third-order valence-corrected chi connectivity index (χ3v) is 3.35. The lowest BCUT2D eigenvalue weighted by molar-refractivity contribution is -0.157. The minimum atomic E-state index is -0.640. The molecule has 4 heteroatoms. The van der Waals surface area contributed by atoms with E-state index in [-0.39, 0.29) is 17.4 Å². The Kier molecular flexibility index (Phi) is 4.78. The van der Waals surface area contributed by atoms with Crippen molar-refractivity contribution in [1.82, 2.24) is 4.90 Å². The lowest BCUT2D eigenvalue weighted by Gasteiger charge is -2.47. The van der Waals surface area contributed by atoms with Crippen LogP contribution in [0.4, 0.5) is 0 Å². The second-order valence-corrected chi connectivity index (χ2v) is 6.95. The van der Waals surface area contributed by atoms with Crippen molar-refractivity contribution in [2.75, 3.05) is 13.1 Å². The molecule has 0 saturated carbocycles. The van der Waals surface area contributed by atoms with E-state index in [2.05, 4.69) is 20.8 Å². The van der Waals surface area contributed by atoms with Gasteiger partial charge in [0, 0.05) is 12.5 Å². The summed E-state index contributed by atoms with van der Waals surface area (Å²) < 4.78 is 0. The van der Waals surface area contributed by atoms with Crippen LogP contribution in [0.15, 0.2) is 0 Å². The van der Waals surface area contributed by atoms with E-state index in [9.17, 15) is 9.90 Å². The lowest BCUT2D eigenvalue weighted by Crippen LogP contribution is -2.63. The summed E-state index contributed by atoms with van der Waals surface area (Å²) in [4.78, 5) is 13.7. The van der Waals surface area contributed by atoms with Crippen LogP contribution < -0.4 is 5.73 Å². The highest BCUT2D eigenvalue weighted by atomic mass is 16.3. The molecule has 0 radical (unpaired) electrons. The van der Waals surface area contributed by atoms with Crippen molar-refractivity contribution >= 4 is 5.91 Å². The Morgan fingerprint density at radius 3 is 2.44 bits per heavy atom. The number of β-amino-alcohol motifs (C(OH)–C–C–N with tert-alkyl or cyclic N) is 1. The van der Waals surface area contributed by atoms with Gasteiger partial charge in [-0.1, -0.05) is 34.1 Å². The molecule has 0 aliphatic carbocycles. The van der Waals surface area contributed by atoms with Crippen molar-refractivity contribution < 1.29 is 9.90 Å². The lowest BCUT2D eigenvalue weighted by atomic mass is 9.86. The number of likely N-dealkylation sites (tertiary alicyclic amines) is 1. The van der Waals surface area contributed by atoms with Crippen LogP contribution in [0.1, 0.15) is 53.4 Å². The van der Waals surface area contributed by atoms with Crippen LogP contribution in [0.2, 0.25) is 0 Å². The van der Waals surface area contributed by atoms with Crippen LogP contribution in [0.5, 0.6) is 0 Å². The molecular formula is C14H28N2O2. The van der Waals surface area contributed by atoms with Crippen molar-refractivity contribution in [1.29, 1.82) is 0 Å². The molecule has 1 atom stereocenters. The Balaban J connectivity index is 2.31. The summed E-state index contributed by atoms with van der Waals surface area (Å²) in [6, 6.07) is -0.0858. The minimum absolute atomic E-state index is 0.0764. The van der Waals surface area contributed by atoms with Crippen LogP contribution >= 0.6 is 0 Å². The van der Waals surface area contributed by atoms with Gasteiger partial charge in [-0.05, 0) is 18.3 Å². The molecule has 1 aliphatic rings. The maximum absolute atomic E-state index is 11.9. The van der Waals surface area contributed by atoms with Crippen LogP contribution in [0.3, 0.4) is 0 Å². The molecule has 0 aromatic carbocycles. The van der Waals surface area contributed by atoms with Gasteiger partial charge in [-0.3, -0.25) is 4.79 Å². The topological polar surface area (TPSA) is 66.6 Å². The molecule has 0 bridgehead atoms. The summed E-state index contributed by atoms with van der Waals surface area (Å²) in [5.74, 6) is 0.0764. The smallest absolute Gasteiger partial charge is 0.224 e.